The maximum absolute atomic E-state index is 2.12. The molecule has 0 aliphatic rings. The van der Waals surface area contributed by atoms with Gasteiger partial charge in [-0.25, -0.2) is 0 Å². The van der Waals surface area contributed by atoms with Gasteiger partial charge in [0, 0.05) is 0 Å². The molecule has 0 saturated heterocycles. The summed E-state index contributed by atoms with van der Waals surface area (Å²) in [7, 11) is 0. The van der Waals surface area contributed by atoms with Gasteiger partial charge < -0.3 is 5.48 Å². The highest BCUT2D eigenvalue weighted by Crippen LogP contribution is 2.11. The Bertz CT molecular complexity index is 276. The van der Waals surface area contributed by atoms with Gasteiger partial charge in [-0.15, -0.1) is 0 Å². The van der Waals surface area contributed by atoms with Crippen LogP contribution in [-0.4, -0.2) is 5.48 Å². The molecule has 2 aromatic carbocycles. The van der Waals surface area contributed by atoms with Crippen molar-refractivity contribution in [1.82, 2.24) is 0 Å². The minimum atomic E-state index is 0. The quantitative estimate of drug-likeness (QED) is 0.544. The Kier molecular flexibility index (Phi) is 2.24. The molecular weight excluding hydrogens is 136 g/mol. The van der Waals surface area contributed by atoms with Crippen molar-refractivity contribution in [3.8, 4) is 0 Å². The Hall–Kier alpha value is -1.34. The highest BCUT2D eigenvalue weighted by atomic mass is 16.0. The van der Waals surface area contributed by atoms with E-state index < -0.39 is 0 Å². The second-order valence-corrected chi connectivity index (χ2v) is 2.35. The Labute approximate surface area is 65.6 Å². The Morgan fingerprint density at radius 2 is 0.818 bits per heavy atom. The van der Waals surface area contributed by atoms with E-state index in [1.807, 2.05) is 0 Å². The van der Waals surface area contributed by atoms with E-state index in [1.54, 1.807) is 0 Å². The molecule has 0 bridgehead atoms. The van der Waals surface area contributed by atoms with E-state index in [-0.39, 0.29) is 5.48 Å². The van der Waals surface area contributed by atoms with Crippen LogP contribution in [0.5, 0.6) is 0 Å². The van der Waals surface area contributed by atoms with Crippen molar-refractivity contribution >= 4 is 10.8 Å². The van der Waals surface area contributed by atoms with Gasteiger partial charge in [-0.2, -0.15) is 0 Å². The molecule has 0 aliphatic carbocycles. The third kappa shape index (κ3) is 1.38. The molecule has 2 N–H and O–H groups in total. The summed E-state index contributed by atoms with van der Waals surface area (Å²) in [5.74, 6) is 0. The first-order valence-corrected chi connectivity index (χ1v) is 3.40. The number of hydrogen-bond acceptors (Lipinski definition) is 0. The third-order valence-corrected chi connectivity index (χ3v) is 1.66. The molecule has 56 valence electrons. The minimum Gasteiger partial charge on any atom is -0.412 e. The van der Waals surface area contributed by atoms with Gasteiger partial charge >= 0.3 is 0 Å². The molecule has 0 atom stereocenters. The molecule has 11 heavy (non-hydrogen) atoms. The van der Waals surface area contributed by atoms with Crippen LogP contribution in [0.25, 0.3) is 10.8 Å². The molecule has 2 rings (SSSR count). The van der Waals surface area contributed by atoms with Crippen molar-refractivity contribution < 1.29 is 5.48 Å². The lowest BCUT2D eigenvalue weighted by Gasteiger charge is -1.92. The lowest BCUT2D eigenvalue weighted by molar-refractivity contribution is 0.824. The molecule has 0 unspecified atom stereocenters. The summed E-state index contributed by atoms with van der Waals surface area (Å²) in [4.78, 5) is 0. The van der Waals surface area contributed by atoms with E-state index in [0.29, 0.717) is 0 Å². The second-order valence-electron chi connectivity index (χ2n) is 2.35. The van der Waals surface area contributed by atoms with Gasteiger partial charge in [0.2, 0.25) is 0 Å². The zero-order valence-corrected chi connectivity index (χ0v) is 6.12. The smallest absolute Gasteiger partial charge is 0.0184 e. The molecule has 1 heteroatoms. The van der Waals surface area contributed by atoms with Crippen LogP contribution in [-0.2, 0) is 0 Å². The van der Waals surface area contributed by atoms with E-state index in [4.69, 9.17) is 0 Å². The predicted octanol–water partition coefficient (Wildman–Crippen LogP) is 2.02. The Balaban J connectivity index is 0.000000605. The summed E-state index contributed by atoms with van der Waals surface area (Å²) in [5.41, 5.74) is 0. The number of benzene rings is 2. The summed E-state index contributed by atoms with van der Waals surface area (Å²) in [6.45, 7) is 0. The summed E-state index contributed by atoms with van der Waals surface area (Å²) in [6, 6.07) is 16.7. The monoisotopic (exact) mass is 146 g/mol. The van der Waals surface area contributed by atoms with Crippen LogP contribution in [0.2, 0.25) is 0 Å². The van der Waals surface area contributed by atoms with Crippen LogP contribution < -0.4 is 0 Å². The Morgan fingerprint density at radius 3 is 1.09 bits per heavy atom. The SMILES string of the molecule is O.c1ccc2ccccc2c1. The topological polar surface area (TPSA) is 31.5 Å². The van der Waals surface area contributed by atoms with Crippen molar-refractivity contribution in [2.75, 3.05) is 0 Å². The van der Waals surface area contributed by atoms with Gasteiger partial charge in [-0.1, -0.05) is 48.5 Å². The molecule has 0 heterocycles. The Morgan fingerprint density at radius 1 is 0.545 bits per heavy atom. The van der Waals surface area contributed by atoms with Crippen LogP contribution in [0.15, 0.2) is 48.5 Å². The largest absolute Gasteiger partial charge is 0.412 e. The minimum absolute atomic E-state index is 0. The zero-order chi connectivity index (χ0) is 6.81. The van der Waals surface area contributed by atoms with Gasteiger partial charge in [-0.05, 0) is 10.8 Å². The average molecular weight is 146 g/mol. The maximum Gasteiger partial charge on any atom is -0.0184 e. The molecule has 0 spiro atoms. The van der Waals surface area contributed by atoms with Gasteiger partial charge in [-0.3, -0.25) is 0 Å². The summed E-state index contributed by atoms with van der Waals surface area (Å²) < 4.78 is 0. The summed E-state index contributed by atoms with van der Waals surface area (Å²) in [5, 5.41) is 2.62. The van der Waals surface area contributed by atoms with Crippen molar-refractivity contribution in [2.45, 2.75) is 0 Å². The van der Waals surface area contributed by atoms with Crippen LogP contribution in [0.1, 0.15) is 0 Å². The van der Waals surface area contributed by atoms with Gasteiger partial charge in [0.1, 0.15) is 0 Å². The van der Waals surface area contributed by atoms with E-state index in [2.05, 4.69) is 48.5 Å². The molecule has 0 radical (unpaired) electrons. The summed E-state index contributed by atoms with van der Waals surface area (Å²) in [6.07, 6.45) is 0. The average Bonchev–Trinajstić information content (AvgIpc) is 2.05. The predicted molar refractivity (Wildman–Crippen MR) is 47.6 cm³/mol. The van der Waals surface area contributed by atoms with E-state index >= 15 is 0 Å². The fourth-order valence-electron chi connectivity index (χ4n) is 1.13. The third-order valence-electron chi connectivity index (χ3n) is 1.66. The van der Waals surface area contributed by atoms with Crippen molar-refractivity contribution in [3.05, 3.63) is 48.5 Å². The van der Waals surface area contributed by atoms with E-state index in [0.717, 1.165) is 0 Å². The lowest BCUT2D eigenvalue weighted by Crippen LogP contribution is -1.67. The molecule has 0 aromatic heterocycles. The first-order chi connectivity index (χ1) is 4.97. The lowest BCUT2D eigenvalue weighted by atomic mass is 10.1. The van der Waals surface area contributed by atoms with Crippen molar-refractivity contribution in [1.29, 1.82) is 0 Å². The number of rotatable bonds is 0. The fraction of sp³-hybridized carbons (Fsp3) is 0. The van der Waals surface area contributed by atoms with Gasteiger partial charge in [0.15, 0.2) is 0 Å². The molecular formula is C10H10O. The molecule has 0 fully saturated rings. The van der Waals surface area contributed by atoms with E-state index in [9.17, 15) is 0 Å². The highest BCUT2D eigenvalue weighted by molar-refractivity contribution is 5.81. The second kappa shape index (κ2) is 3.17. The first-order valence-electron chi connectivity index (χ1n) is 3.40. The van der Waals surface area contributed by atoms with Crippen LogP contribution >= 0.6 is 0 Å². The fourth-order valence-corrected chi connectivity index (χ4v) is 1.13. The molecule has 0 aliphatic heterocycles. The molecule has 0 saturated carbocycles. The van der Waals surface area contributed by atoms with Gasteiger partial charge in [0.05, 0.1) is 0 Å². The standard InChI is InChI=1S/C10H8.H2O/c1-2-6-10-8-4-3-7-9(10)5-1;/h1-8H;1H2. The first kappa shape index (κ1) is 7.76. The van der Waals surface area contributed by atoms with Crippen LogP contribution in [0.4, 0.5) is 0 Å². The zero-order valence-electron chi connectivity index (χ0n) is 6.12. The van der Waals surface area contributed by atoms with Crippen LogP contribution in [0.3, 0.4) is 0 Å². The number of hydrogen-bond donors (Lipinski definition) is 0. The van der Waals surface area contributed by atoms with Gasteiger partial charge in [0.25, 0.3) is 0 Å². The molecule has 0 amide bonds. The van der Waals surface area contributed by atoms with Crippen LogP contribution in [0, 0.1) is 0 Å². The molecule has 2 aromatic rings. The summed E-state index contributed by atoms with van der Waals surface area (Å²) >= 11 is 0. The van der Waals surface area contributed by atoms with Crippen molar-refractivity contribution in [3.63, 3.8) is 0 Å². The normalized spacial score (nSPS) is 9.09. The van der Waals surface area contributed by atoms with E-state index in [1.165, 1.54) is 10.8 Å². The highest BCUT2D eigenvalue weighted by Gasteiger charge is 1.85. The molecule has 1 nitrogen and oxygen atoms in total. The number of fused-ring (bicyclic) bond motifs is 1. The maximum atomic E-state index is 2.12. The van der Waals surface area contributed by atoms with Crippen molar-refractivity contribution in [2.24, 2.45) is 0 Å².